The Morgan fingerprint density at radius 2 is 1.43 bits per heavy atom. The highest BCUT2D eigenvalue weighted by molar-refractivity contribution is 7.85. The molecular weight excluding hydrogens is 597 g/mol. The molecule has 8 nitrogen and oxygen atoms in total. The van der Waals surface area contributed by atoms with Gasteiger partial charge in [0.05, 0.1) is 23.6 Å². The van der Waals surface area contributed by atoms with Gasteiger partial charge in [-0.05, 0) is 42.8 Å². The lowest BCUT2D eigenvalue weighted by Crippen LogP contribution is -2.16. The molecule has 0 unspecified atom stereocenters. The molecule has 0 aliphatic rings. The Labute approximate surface area is 266 Å². The van der Waals surface area contributed by atoms with Crippen molar-refractivity contribution in [2.75, 3.05) is 11.9 Å². The van der Waals surface area contributed by atoms with Crippen molar-refractivity contribution < 1.29 is 27.3 Å². The molecule has 0 aliphatic carbocycles. The van der Waals surface area contributed by atoms with Gasteiger partial charge in [0.25, 0.3) is 10.1 Å². The van der Waals surface area contributed by atoms with Crippen molar-refractivity contribution in [2.45, 2.75) is 108 Å². The maximum absolute atomic E-state index is 12.6. The standard InChI is InChI=1S/C34H46N2O6S2/c1-2-3-4-5-6-7-8-9-10-11-12-13-14-15-23-42-29-21-19-27(20-22-29)32(37)25-33(38)36-34-35-31(26-43-34)28-17-16-18-30(24-28)44(39,40)41/h16-22,24,26H,2-15,23,25H2,1H3,(H,35,36,38)(H,39,40,41). The molecule has 0 fully saturated rings. The number of hydrogen-bond donors (Lipinski definition) is 2. The number of aromatic nitrogens is 1. The summed E-state index contributed by atoms with van der Waals surface area (Å²) in [5.41, 5.74) is 1.33. The number of Topliss-reactive ketones (excluding diaryl/α,β-unsaturated/α-hetero) is 1. The van der Waals surface area contributed by atoms with Gasteiger partial charge < -0.3 is 10.1 Å². The number of unbranched alkanes of at least 4 members (excludes halogenated alkanes) is 13. The summed E-state index contributed by atoms with van der Waals surface area (Å²) in [6, 6.07) is 12.6. The van der Waals surface area contributed by atoms with Crippen molar-refractivity contribution in [1.29, 1.82) is 0 Å². The third-order valence-corrected chi connectivity index (χ3v) is 9.05. The number of carbonyl (C=O) groups is 2. The maximum Gasteiger partial charge on any atom is 0.294 e. The Hall–Kier alpha value is -3.08. The first kappa shape index (κ1) is 35.4. The number of rotatable bonds is 22. The Morgan fingerprint density at radius 3 is 2.02 bits per heavy atom. The van der Waals surface area contributed by atoms with Crippen molar-refractivity contribution >= 4 is 38.3 Å². The second-order valence-electron chi connectivity index (χ2n) is 11.2. The first-order valence-electron chi connectivity index (χ1n) is 15.9. The molecule has 10 heteroatoms. The summed E-state index contributed by atoms with van der Waals surface area (Å²) in [6.45, 7) is 2.90. The van der Waals surface area contributed by atoms with Gasteiger partial charge in [0, 0.05) is 16.5 Å². The van der Waals surface area contributed by atoms with Gasteiger partial charge in [-0.2, -0.15) is 8.42 Å². The lowest BCUT2D eigenvalue weighted by molar-refractivity contribution is -0.115. The minimum Gasteiger partial charge on any atom is -0.494 e. The van der Waals surface area contributed by atoms with Crippen LogP contribution in [-0.4, -0.2) is 36.3 Å². The van der Waals surface area contributed by atoms with Crippen LogP contribution in [0.1, 0.15) is 114 Å². The van der Waals surface area contributed by atoms with E-state index in [1.165, 1.54) is 95.2 Å². The number of carbonyl (C=O) groups excluding carboxylic acids is 2. The van der Waals surface area contributed by atoms with E-state index >= 15 is 0 Å². The molecule has 0 atom stereocenters. The highest BCUT2D eigenvalue weighted by Crippen LogP contribution is 2.27. The molecule has 1 aromatic heterocycles. The fourth-order valence-electron chi connectivity index (χ4n) is 4.91. The topological polar surface area (TPSA) is 123 Å². The molecule has 3 rings (SSSR count). The fraction of sp³-hybridized carbons (Fsp3) is 0.500. The molecule has 44 heavy (non-hydrogen) atoms. The molecule has 2 aromatic carbocycles. The van der Waals surface area contributed by atoms with Crippen LogP contribution in [0.3, 0.4) is 0 Å². The average molecular weight is 643 g/mol. The summed E-state index contributed by atoms with van der Waals surface area (Å²) in [6.07, 6.45) is 18.0. The number of ketones is 1. The number of amides is 1. The minimum absolute atomic E-state index is 0.245. The van der Waals surface area contributed by atoms with Crippen LogP contribution < -0.4 is 10.1 Å². The molecule has 240 valence electrons. The van der Waals surface area contributed by atoms with E-state index in [0.717, 1.165) is 24.2 Å². The first-order valence-corrected chi connectivity index (χ1v) is 18.2. The average Bonchev–Trinajstić information content (AvgIpc) is 3.47. The third kappa shape index (κ3) is 13.3. The monoisotopic (exact) mass is 642 g/mol. The van der Waals surface area contributed by atoms with E-state index in [1.54, 1.807) is 35.7 Å². The molecule has 2 N–H and O–H groups in total. The molecule has 0 bridgehead atoms. The van der Waals surface area contributed by atoms with Crippen molar-refractivity contribution in [3.8, 4) is 17.0 Å². The maximum atomic E-state index is 12.6. The molecule has 0 saturated heterocycles. The number of anilines is 1. The second kappa shape index (κ2) is 19.3. The van der Waals surface area contributed by atoms with E-state index in [4.69, 9.17) is 4.74 Å². The minimum atomic E-state index is -4.34. The Balaban J connectivity index is 1.27. The summed E-state index contributed by atoms with van der Waals surface area (Å²) >= 11 is 1.15. The van der Waals surface area contributed by atoms with Gasteiger partial charge in [0.15, 0.2) is 10.9 Å². The third-order valence-electron chi connectivity index (χ3n) is 7.44. The van der Waals surface area contributed by atoms with Gasteiger partial charge >= 0.3 is 0 Å². The quantitative estimate of drug-likeness (QED) is 0.0485. The highest BCUT2D eigenvalue weighted by atomic mass is 32.2. The molecule has 0 radical (unpaired) electrons. The van der Waals surface area contributed by atoms with E-state index in [1.807, 2.05) is 0 Å². The number of ether oxygens (including phenoxy) is 1. The predicted octanol–water partition coefficient (Wildman–Crippen LogP) is 9.13. The number of benzene rings is 2. The van der Waals surface area contributed by atoms with Gasteiger partial charge in [0.2, 0.25) is 5.91 Å². The lowest BCUT2D eigenvalue weighted by Gasteiger charge is -2.07. The summed E-state index contributed by atoms with van der Waals surface area (Å²) in [7, 11) is -4.34. The Kier molecular flexibility index (Phi) is 15.6. The SMILES string of the molecule is CCCCCCCCCCCCCCCCOc1ccc(C(=O)CC(=O)Nc2nc(-c3cccc(S(=O)(=O)O)c3)cs2)cc1. The molecule has 0 saturated carbocycles. The summed E-state index contributed by atoms with van der Waals surface area (Å²) in [4.78, 5) is 29.1. The first-order chi connectivity index (χ1) is 21.3. The number of nitrogens with zero attached hydrogens (tertiary/aromatic N) is 1. The van der Waals surface area contributed by atoms with Crippen LogP contribution in [0.4, 0.5) is 5.13 Å². The Morgan fingerprint density at radius 1 is 0.841 bits per heavy atom. The largest absolute Gasteiger partial charge is 0.494 e. The Bertz CT molecular complexity index is 1400. The zero-order valence-electron chi connectivity index (χ0n) is 25.8. The van der Waals surface area contributed by atoms with Crippen molar-refractivity contribution in [3.05, 3.63) is 59.5 Å². The van der Waals surface area contributed by atoms with Gasteiger partial charge in [-0.1, -0.05) is 103 Å². The molecule has 0 aliphatic heterocycles. The van der Waals surface area contributed by atoms with Crippen LogP contribution in [0, 0.1) is 0 Å². The van der Waals surface area contributed by atoms with Crippen LogP contribution in [0.25, 0.3) is 11.3 Å². The van der Waals surface area contributed by atoms with Crippen molar-refractivity contribution in [2.24, 2.45) is 0 Å². The predicted molar refractivity (Wildman–Crippen MR) is 177 cm³/mol. The van der Waals surface area contributed by atoms with Crippen molar-refractivity contribution in [3.63, 3.8) is 0 Å². The molecule has 0 spiro atoms. The lowest BCUT2D eigenvalue weighted by atomic mass is 10.0. The van der Waals surface area contributed by atoms with Crippen LogP contribution in [-0.2, 0) is 14.9 Å². The van der Waals surface area contributed by atoms with E-state index in [0.29, 0.717) is 29.2 Å². The van der Waals surface area contributed by atoms with Gasteiger partial charge in [-0.3, -0.25) is 14.1 Å². The fourth-order valence-corrected chi connectivity index (χ4v) is 6.18. The second-order valence-corrected chi connectivity index (χ2v) is 13.4. The van der Waals surface area contributed by atoms with Crippen molar-refractivity contribution in [1.82, 2.24) is 4.98 Å². The van der Waals surface area contributed by atoms with E-state index in [2.05, 4.69) is 17.2 Å². The molecular formula is C34H46N2O6S2. The summed E-state index contributed by atoms with van der Waals surface area (Å²) in [5.74, 6) is -0.117. The number of thiazole rings is 1. The van der Waals surface area contributed by atoms with E-state index < -0.39 is 16.0 Å². The molecule has 1 heterocycles. The summed E-state index contributed by atoms with van der Waals surface area (Å²) < 4.78 is 37.9. The van der Waals surface area contributed by atoms with Crippen LogP contribution in [0.2, 0.25) is 0 Å². The van der Waals surface area contributed by atoms with Crippen LogP contribution in [0.5, 0.6) is 5.75 Å². The summed E-state index contributed by atoms with van der Waals surface area (Å²) in [5, 5.41) is 4.55. The van der Waals surface area contributed by atoms with E-state index in [-0.39, 0.29) is 22.2 Å². The normalized spacial score (nSPS) is 11.4. The van der Waals surface area contributed by atoms with Gasteiger partial charge in [-0.25, -0.2) is 4.98 Å². The molecule has 3 aromatic rings. The van der Waals surface area contributed by atoms with Crippen LogP contribution in [0.15, 0.2) is 58.8 Å². The van der Waals surface area contributed by atoms with Gasteiger partial charge in [0.1, 0.15) is 5.75 Å². The van der Waals surface area contributed by atoms with E-state index in [9.17, 15) is 22.6 Å². The van der Waals surface area contributed by atoms with Crippen LogP contribution >= 0.6 is 11.3 Å². The number of hydrogen-bond acceptors (Lipinski definition) is 7. The highest BCUT2D eigenvalue weighted by Gasteiger charge is 2.15. The van der Waals surface area contributed by atoms with Gasteiger partial charge in [-0.15, -0.1) is 11.3 Å². The number of nitrogens with one attached hydrogen (secondary N) is 1. The smallest absolute Gasteiger partial charge is 0.294 e. The zero-order valence-corrected chi connectivity index (χ0v) is 27.4. The molecule has 1 amide bonds. The zero-order chi connectivity index (χ0) is 31.6.